The molecule has 11 aromatic rings. The molecule has 11 rings (SSSR count). The highest BCUT2D eigenvalue weighted by atomic mass is 32.1. The predicted molar refractivity (Wildman–Crippen MR) is 225 cm³/mol. The molecule has 0 radical (unpaired) electrons. The second-order valence-corrected chi connectivity index (χ2v) is 14.6. The first kappa shape index (κ1) is 30.7. The lowest BCUT2D eigenvalue weighted by atomic mass is 9.99. The molecule has 0 atom stereocenters. The number of rotatable bonds is 5. The van der Waals surface area contributed by atoms with Crippen molar-refractivity contribution in [1.29, 1.82) is 0 Å². The molecule has 4 nitrogen and oxygen atoms in total. The molecule has 0 amide bonds. The zero-order chi connectivity index (χ0) is 35.6. The molecule has 0 aliphatic heterocycles. The molecule has 4 aromatic heterocycles. The molecule has 0 saturated heterocycles. The molecule has 0 bridgehead atoms. The smallest absolute Gasteiger partial charge is 0.160 e. The molecule has 5 heteroatoms. The van der Waals surface area contributed by atoms with Crippen molar-refractivity contribution in [2.24, 2.45) is 0 Å². The second kappa shape index (κ2) is 12.3. The first-order chi connectivity index (χ1) is 26.7. The van der Waals surface area contributed by atoms with Crippen LogP contribution in [0.5, 0.6) is 0 Å². The van der Waals surface area contributed by atoms with Gasteiger partial charge < -0.3 is 4.42 Å². The third-order valence-corrected chi connectivity index (χ3v) is 11.4. The van der Waals surface area contributed by atoms with Crippen LogP contribution >= 0.6 is 11.3 Å². The van der Waals surface area contributed by atoms with Crippen molar-refractivity contribution in [3.63, 3.8) is 0 Å². The number of thiophene rings is 1. The van der Waals surface area contributed by atoms with Gasteiger partial charge in [0, 0.05) is 59.4 Å². The van der Waals surface area contributed by atoms with E-state index in [4.69, 9.17) is 19.4 Å². The number of para-hydroxylation sites is 2. The summed E-state index contributed by atoms with van der Waals surface area (Å²) in [5.41, 5.74) is 10.7. The quantitative estimate of drug-likeness (QED) is 0.179. The summed E-state index contributed by atoms with van der Waals surface area (Å²) in [5.74, 6) is 0.673. The minimum absolute atomic E-state index is 0.673. The highest BCUT2D eigenvalue weighted by Crippen LogP contribution is 2.41. The Morgan fingerprint density at radius 2 is 1.00 bits per heavy atom. The number of fused-ring (bicyclic) bond motifs is 8. The van der Waals surface area contributed by atoms with E-state index in [9.17, 15) is 0 Å². The fourth-order valence-corrected chi connectivity index (χ4v) is 8.81. The number of hydrogen-bond donors (Lipinski definition) is 0. The topological polar surface area (TPSA) is 51.8 Å². The third-order valence-electron chi connectivity index (χ3n) is 10.3. The highest BCUT2D eigenvalue weighted by molar-refractivity contribution is 7.25. The van der Waals surface area contributed by atoms with E-state index in [1.807, 2.05) is 30.3 Å². The summed E-state index contributed by atoms with van der Waals surface area (Å²) in [6.07, 6.45) is 0. The number of pyridine rings is 1. The standard InChI is InChI=1S/C49H29N3OS/c1-2-11-31(12-3-1)41-29-42(32-23-21-30(22-24-32)35-17-10-18-39-36-13-6-8-19-43(36)53-47(35)39)51-48(50-41)34-27-25-33(26-28-34)46-38-15-5-4-14-37(38)45-40-16-7-9-20-44(40)54-49(45)52-46/h1-29H. The molecule has 54 heavy (non-hydrogen) atoms. The molecule has 252 valence electrons. The van der Waals surface area contributed by atoms with E-state index in [1.165, 1.54) is 20.9 Å². The van der Waals surface area contributed by atoms with Gasteiger partial charge in [0.15, 0.2) is 5.82 Å². The zero-order valence-electron chi connectivity index (χ0n) is 28.9. The van der Waals surface area contributed by atoms with Gasteiger partial charge in [-0.1, -0.05) is 158 Å². The minimum atomic E-state index is 0.673. The van der Waals surface area contributed by atoms with Gasteiger partial charge in [0.25, 0.3) is 0 Å². The van der Waals surface area contributed by atoms with E-state index in [1.54, 1.807) is 11.3 Å². The van der Waals surface area contributed by atoms with Gasteiger partial charge in [-0.15, -0.1) is 11.3 Å². The van der Waals surface area contributed by atoms with Crippen LogP contribution < -0.4 is 0 Å². The van der Waals surface area contributed by atoms with Crippen LogP contribution in [0.15, 0.2) is 180 Å². The fraction of sp³-hybridized carbons (Fsp3) is 0. The van der Waals surface area contributed by atoms with Crippen LogP contribution in [-0.2, 0) is 0 Å². The molecular formula is C49H29N3OS. The first-order valence-corrected chi connectivity index (χ1v) is 18.8. The molecule has 0 unspecified atom stereocenters. The molecule has 0 fully saturated rings. The van der Waals surface area contributed by atoms with Gasteiger partial charge in [-0.25, -0.2) is 15.0 Å². The van der Waals surface area contributed by atoms with Crippen LogP contribution in [0.25, 0.3) is 109 Å². The van der Waals surface area contributed by atoms with Gasteiger partial charge in [-0.05, 0) is 29.1 Å². The van der Waals surface area contributed by atoms with Gasteiger partial charge in [0.05, 0.1) is 17.1 Å². The van der Waals surface area contributed by atoms with Gasteiger partial charge >= 0.3 is 0 Å². The van der Waals surface area contributed by atoms with Crippen LogP contribution in [0.1, 0.15) is 0 Å². The third kappa shape index (κ3) is 5.01. The van der Waals surface area contributed by atoms with E-state index in [0.29, 0.717) is 5.82 Å². The van der Waals surface area contributed by atoms with Gasteiger partial charge in [-0.3, -0.25) is 0 Å². The van der Waals surface area contributed by atoms with Crippen LogP contribution in [0.2, 0.25) is 0 Å². The Morgan fingerprint density at radius 1 is 0.407 bits per heavy atom. The maximum Gasteiger partial charge on any atom is 0.160 e. The van der Waals surface area contributed by atoms with E-state index in [2.05, 4.69) is 146 Å². The van der Waals surface area contributed by atoms with Crippen molar-refractivity contribution in [2.75, 3.05) is 0 Å². The molecule has 0 N–H and O–H groups in total. The molecule has 7 aromatic carbocycles. The largest absolute Gasteiger partial charge is 0.455 e. The van der Waals surface area contributed by atoms with Gasteiger partial charge in [-0.2, -0.15) is 0 Å². The lowest BCUT2D eigenvalue weighted by Gasteiger charge is -2.11. The van der Waals surface area contributed by atoms with Crippen LogP contribution in [0.4, 0.5) is 0 Å². The number of aromatic nitrogens is 3. The summed E-state index contributed by atoms with van der Waals surface area (Å²) in [4.78, 5) is 16.6. The van der Waals surface area contributed by atoms with Crippen molar-refractivity contribution in [2.45, 2.75) is 0 Å². The Labute approximate surface area is 314 Å². The van der Waals surface area contributed by atoms with Crippen LogP contribution in [0.3, 0.4) is 0 Å². The summed E-state index contributed by atoms with van der Waals surface area (Å²) in [5, 5.41) is 7.10. The number of benzene rings is 7. The fourth-order valence-electron chi connectivity index (χ4n) is 7.71. The van der Waals surface area contributed by atoms with Crippen molar-refractivity contribution in [3.05, 3.63) is 176 Å². The van der Waals surface area contributed by atoms with Crippen molar-refractivity contribution in [1.82, 2.24) is 15.0 Å². The second-order valence-electron chi connectivity index (χ2n) is 13.5. The lowest BCUT2D eigenvalue weighted by Crippen LogP contribution is -1.96. The normalized spacial score (nSPS) is 11.7. The Balaban J connectivity index is 0.995. The Morgan fingerprint density at radius 3 is 1.80 bits per heavy atom. The molecule has 4 heterocycles. The maximum atomic E-state index is 6.35. The predicted octanol–water partition coefficient (Wildman–Crippen LogP) is 13.6. The first-order valence-electron chi connectivity index (χ1n) is 18.0. The summed E-state index contributed by atoms with van der Waals surface area (Å²) >= 11 is 1.75. The summed E-state index contributed by atoms with van der Waals surface area (Å²) < 4.78 is 7.60. The van der Waals surface area contributed by atoms with Crippen LogP contribution in [-0.4, -0.2) is 15.0 Å². The molecule has 0 spiro atoms. The van der Waals surface area contributed by atoms with E-state index >= 15 is 0 Å². The average Bonchev–Trinajstić information content (AvgIpc) is 3.82. The number of furan rings is 1. The SMILES string of the molecule is c1ccc(-c2cc(-c3ccc(-c4cccc5c4oc4ccccc45)cc3)nc(-c3ccc(-c4nc5sc6ccccc6c5c5ccccc45)cc3)n2)cc1. The summed E-state index contributed by atoms with van der Waals surface area (Å²) in [7, 11) is 0. The Bertz CT molecular complexity index is 3200. The summed E-state index contributed by atoms with van der Waals surface area (Å²) in [6, 6.07) is 61.3. The lowest BCUT2D eigenvalue weighted by molar-refractivity contribution is 0.670. The van der Waals surface area contributed by atoms with E-state index in [0.717, 1.165) is 82.6 Å². The molecule has 0 aliphatic rings. The van der Waals surface area contributed by atoms with E-state index in [-0.39, 0.29) is 0 Å². The maximum absolute atomic E-state index is 6.35. The Kier molecular flexibility index (Phi) is 7.00. The Hall–Kier alpha value is -6.95. The van der Waals surface area contributed by atoms with Crippen LogP contribution in [0, 0.1) is 0 Å². The number of nitrogens with zero attached hydrogens (tertiary/aromatic N) is 3. The van der Waals surface area contributed by atoms with Gasteiger partial charge in [0.2, 0.25) is 0 Å². The van der Waals surface area contributed by atoms with E-state index < -0.39 is 0 Å². The average molecular weight is 708 g/mol. The van der Waals surface area contributed by atoms with Gasteiger partial charge in [0.1, 0.15) is 16.0 Å². The number of hydrogen-bond acceptors (Lipinski definition) is 5. The monoisotopic (exact) mass is 707 g/mol. The highest BCUT2D eigenvalue weighted by Gasteiger charge is 2.17. The molecular weight excluding hydrogens is 679 g/mol. The molecule has 0 saturated carbocycles. The summed E-state index contributed by atoms with van der Waals surface area (Å²) in [6.45, 7) is 0. The molecule has 0 aliphatic carbocycles. The van der Waals surface area contributed by atoms with Crippen molar-refractivity contribution >= 4 is 64.4 Å². The zero-order valence-corrected chi connectivity index (χ0v) is 29.7. The van der Waals surface area contributed by atoms with Crippen molar-refractivity contribution in [3.8, 4) is 56.3 Å². The minimum Gasteiger partial charge on any atom is -0.455 e. The van der Waals surface area contributed by atoms with Crippen molar-refractivity contribution < 1.29 is 4.42 Å².